The van der Waals surface area contributed by atoms with E-state index >= 15 is 0 Å². The van der Waals surface area contributed by atoms with Gasteiger partial charge < -0.3 is 10.1 Å². The average Bonchev–Trinajstić information content (AvgIpc) is 3.22. The molecule has 4 heteroatoms. The van der Waals surface area contributed by atoms with Gasteiger partial charge in [-0.1, -0.05) is 12.1 Å². The van der Waals surface area contributed by atoms with Crippen LogP contribution < -0.4 is 10.1 Å². The molecule has 1 aromatic heterocycles. The monoisotopic (exact) mass is 288 g/mol. The molecule has 1 heterocycles. The summed E-state index contributed by atoms with van der Waals surface area (Å²) in [6.45, 7) is 4.22. The minimum Gasteiger partial charge on any atom is -0.497 e. The van der Waals surface area contributed by atoms with Crippen LogP contribution in [0.2, 0.25) is 0 Å². The molecule has 1 unspecified atom stereocenters. The van der Waals surface area contributed by atoms with E-state index in [1.807, 2.05) is 12.1 Å². The molecule has 0 spiro atoms. The molecule has 3 rings (SSSR count). The Balaban J connectivity index is 1.91. The van der Waals surface area contributed by atoms with E-state index in [4.69, 9.17) is 9.72 Å². The van der Waals surface area contributed by atoms with E-state index in [-0.39, 0.29) is 6.04 Å². The summed E-state index contributed by atoms with van der Waals surface area (Å²) in [5.74, 6) is 0.894. The van der Waals surface area contributed by atoms with Gasteiger partial charge in [-0.05, 0) is 44.4 Å². The molecule has 0 amide bonds. The van der Waals surface area contributed by atoms with E-state index in [0.717, 1.165) is 16.5 Å². The molecule has 1 saturated carbocycles. The SMILES string of the molecule is COc1ccc(C(NC2CC2)c2nc(C)c(C)s2)cc1. The quantitative estimate of drug-likeness (QED) is 0.912. The van der Waals surface area contributed by atoms with Gasteiger partial charge in [0, 0.05) is 10.9 Å². The van der Waals surface area contributed by atoms with Crippen LogP contribution in [0.15, 0.2) is 24.3 Å². The number of benzene rings is 1. The summed E-state index contributed by atoms with van der Waals surface area (Å²) in [4.78, 5) is 6.04. The Morgan fingerprint density at radius 3 is 2.45 bits per heavy atom. The molecule has 1 aromatic carbocycles. The molecular formula is C16H20N2OS. The molecule has 0 saturated heterocycles. The summed E-state index contributed by atoms with van der Waals surface area (Å²) in [6.07, 6.45) is 2.55. The minimum atomic E-state index is 0.200. The highest BCUT2D eigenvalue weighted by atomic mass is 32.1. The van der Waals surface area contributed by atoms with Gasteiger partial charge in [0.05, 0.1) is 18.8 Å². The third kappa shape index (κ3) is 2.86. The number of methoxy groups -OCH3 is 1. The van der Waals surface area contributed by atoms with Gasteiger partial charge in [0.25, 0.3) is 0 Å². The van der Waals surface area contributed by atoms with Crippen molar-refractivity contribution in [1.82, 2.24) is 10.3 Å². The fraction of sp³-hybridized carbons (Fsp3) is 0.438. The van der Waals surface area contributed by atoms with Gasteiger partial charge >= 0.3 is 0 Å². The highest BCUT2D eigenvalue weighted by molar-refractivity contribution is 7.11. The van der Waals surface area contributed by atoms with Crippen LogP contribution in [0.4, 0.5) is 0 Å². The number of hydrogen-bond donors (Lipinski definition) is 1. The third-order valence-corrected chi connectivity index (χ3v) is 4.86. The molecule has 2 aromatic rings. The summed E-state index contributed by atoms with van der Waals surface area (Å²) in [5, 5.41) is 4.87. The Morgan fingerprint density at radius 2 is 1.95 bits per heavy atom. The van der Waals surface area contributed by atoms with Crippen molar-refractivity contribution >= 4 is 11.3 Å². The van der Waals surface area contributed by atoms with Crippen molar-refractivity contribution in [2.45, 2.75) is 38.8 Å². The first-order valence-corrected chi connectivity index (χ1v) is 7.83. The number of nitrogens with zero attached hydrogens (tertiary/aromatic N) is 1. The molecule has 1 aliphatic rings. The number of aromatic nitrogens is 1. The zero-order chi connectivity index (χ0) is 14.1. The molecule has 0 bridgehead atoms. The lowest BCUT2D eigenvalue weighted by molar-refractivity contribution is 0.414. The Morgan fingerprint density at radius 1 is 1.25 bits per heavy atom. The van der Waals surface area contributed by atoms with Crippen LogP contribution in [0.3, 0.4) is 0 Å². The minimum absolute atomic E-state index is 0.200. The van der Waals surface area contributed by atoms with E-state index in [1.54, 1.807) is 18.4 Å². The first-order chi connectivity index (χ1) is 9.67. The number of aryl methyl sites for hydroxylation is 2. The van der Waals surface area contributed by atoms with Crippen molar-refractivity contribution in [3.05, 3.63) is 45.4 Å². The topological polar surface area (TPSA) is 34.1 Å². The van der Waals surface area contributed by atoms with Gasteiger partial charge in [0.2, 0.25) is 0 Å². The Kier molecular flexibility index (Phi) is 3.76. The summed E-state index contributed by atoms with van der Waals surface area (Å²) >= 11 is 1.79. The zero-order valence-corrected chi connectivity index (χ0v) is 13.0. The predicted octanol–water partition coefficient (Wildman–Crippen LogP) is 3.61. The fourth-order valence-corrected chi connectivity index (χ4v) is 3.22. The van der Waals surface area contributed by atoms with Crippen LogP contribution in [0.5, 0.6) is 5.75 Å². The number of thiazole rings is 1. The van der Waals surface area contributed by atoms with Crippen molar-refractivity contribution in [1.29, 1.82) is 0 Å². The molecular weight excluding hydrogens is 268 g/mol. The highest BCUT2D eigenvalue weighted by Crippen LogP contribution is 2.32. The van der Waals surface area contributed by atoms with Gasteiger partial charge in [-0.3, -0.25) is 0 Å². The number of ether oxygens (including phenoxy) is 1. The van der Waals surface area contributed by atoms with Crippen LogP contribution in [0.25, 0.3) is 0 Å². The van der Waals surface area contributed by atoms with Gasteiger partial charge in [0.15, 0.2) is 0 Å². The summed E-state index contributed by atoms with van der Waals surface area (Å²) < 4.78 is 5.24. The second kappa shape index (κ2) is 5.54. The molecule has 0 radical (unpaired) electrons. The molecule has 1 atom stereocenters. The lowest BCUT2D eigenvalue weighted by Crippen LogP contribution is -2.24. The highest BCUT2D eigenvalue weighted by Gasteiger charge is 2.28. The second-order valence-corrected chi connectivity index (χ2v) is 6.58. The predicted molar refractivity (Wildman–Crippen MR) is 82.6 cm³/mol. The molecule has 20 heavy (non-hydrogen) atoms. The molecule has 0 aliphatic heterocycles. The van der Waals surface area contributed by atoms with E-state index in [2.05, 4.69) is 31.3 Å². The van der Waals surface area contributed by atoms with Crippen LogP contribution in [-0.4, -0.2) is 18.1 Å². The van der Waals surface area contributed by atoms with E-state index in [1.165, 1.54) is 23.3 Å². The maximum absolute atomic E-state index is 5.24. The van der Waals surface area contributed by atoms with Crippen LogP contribution in [0, 0.1) is 13.8 Å². The molecule has 1 aliphatic carbocycles. The zero-order valence-electron chi connectivity index (χ0n) is 12.1. The molecule has 1 fully saturated rings. The van der Waals surface area contributed by atoms with Crippen LogP contribution >= 0.6 is 11.3 Å². The van der Waals surface area contributed by atoms with E-state index in [9.17, 15) is 0 Å². The standard InChI is InChI=1S/C16H20N2OS/c1-10-11(2)20-16(17-10)15(18-13-6-7-13)12-4-8-14(19-3)9-5-12/h4-5,8-9,13,15,18H,6-7H2,1-3H3. The maximum atomic E-state index is 5.24. The number of hydrogen-bond acceptors (Lipinski definition) is 4. The molecule has 3 nitrogen and oxygen atoms in total. The summed E-state index contributed by atoms with van der Waals surface area (Å²) in [6, 6.07) is 9.14. The summed E-state index contributed by atoms with van der Waals surface area (Å²) in [5.41, 5.74) is 2.40. The second-order valence-electron chi connectivity index (χ2n) is 5.34. The van der Waals surface area contributed by atoms with Gasteiger partial charge in [-0.2, -0.15) is 0 Å². The average molecular weight is 288 g/mol. The largest absolute Gasteiger partial charge is 0.497 e. The Hall–Kier alpha value is -1.39. The van der Waals surface area contributed by atoms with Gasteiger partial charge in [-0.25, -0.2) is 4.98 Å². The van der Waals surface area contributed by atoms with Crippen LogP contribution in [-0.2, 0) is 0 Å². The van der Waals surface area contributed by atoms with Crippen LogP contribution in [0.1, 0.15) is 40.0 Å². The first-order valence-electron chi connectivity index (χ1n) is 7.01. The maximum Gasteiger partial charge on any atom is 0.118 e. The normalized spacial score (nSPS) is 16.1. The Labute approximate surface area is 124 Å². The third-order valence-electron chi connectivity index (χ3n) is 3.72. The lowest BCUT2D eigenvalue weighted by atomic mass is 10.1. The van der Waals surface area contributed by atoms with E-state index in [0.29, 0.717) is 6.04 Å². The smallest absolute Gasteiger partial charge is 0.118 e. The lowest BCUT2D eigenvalue weighted by Gasteiger charge is -2.17. The first kappa shape index (κ1) is 13.6. The summed E-state index contributed by atoms with van der Waals surface area (Å²) in [7, 11) is 1.70. The molecule has 106 valence electrons. The van der Waals surface area contributed by atoms with Crippen molar-refractivity contribution in [2.24, 2.45) is 0 Å². The van der Waals surface area contributed by atoms with Gasteiger partial charge in [0.1, 0.15) is 10.8 Å². The van der Waals surface area contributed by atoms with Crippen molar-refractivity contribution in [3.8, 4) is 5.75 Å². The fourth-order valence-electron chi connectivity index (χ4n) is 2.21. The van der Waals surface area contributed by atoms with Crippen molar-refractivity contribution in [3.63, 3.8) is 0 Å². The van der Waals surface area contributed by atoms with Crippen molar-refractivity contribution in [2.75, 3.05) is 7.11 Å². The number of nitrogens with one attached hydrogen (secondary N) is 1. The van der Waals surface area contributed by atoms with Gasteiger partial charge in [-0.15, -0.1) is 11.3 Å². The van der Waals surface area contributed by atoms with E-state index < -0.39 is 0 Å². The number of rotatable bonds is 5. The van der Waals surface area contributed by atoms with Crippen molar-refractivity contribution < 1.29 is 4.74 Å². The molecule has 1 N–H and O–H groups in total. The Bertz CT molecular complexity index is 568.